The number of H-pyrrole nitrogens is 1. The van der Waals surface area contributed by atoms with Crippen LogP contribution in [0.2, 0.25) is 0 Å². The summed E-state index contributed by atoms with van der Waals surface area (Å²) in [5, 5.41) is 14.2. The number of rotatable bonds is 5. The molecule has 0 bridgehead atoms. The van der Waals surface area contributed by atoms with Gasteiger partial charge in [-0.2, -0.15) is 0 Å². The van der Waals surface area contributed by atoms with Gasteiger partial charge in [0.1, 0.15) is 5.75 Å². The Hall–Kier alpha value is -0.750. The number of phenols is 1. The van der Waals surface area contributed by atoms with Gasteiger partial charge < -0.3 is 15.4 Å². The molecule has 0 saturated carbocycles. The zero-order chi connectivity index (χ0) is 13.1. The van der Waals surface area contributed by atoms with Crippen molar-refractivity contribution in [3.63, 3.8) is 0 Å². The molecule has 0 spiro atoms. The second kappa shape index (κ2) is 5.93. The van der Waals surface area contributed by atoms with Crippen LogP contribution in [0.4, 0.5) is 0 Å². The highest BCUT2D eigenvalue weighted by Gasteiger charge is 2.08. The van der Waals surface area contributed by atoms with Crippen LogP contribution in [0.1, 0.15) is 19.4 Å². The van der Waals surface area contributed by atoms with Crippen molar-refractivity contribution < 1.29 is 5.11 Å². The molecule has 0 amide bonds. The summed E-state index contributed by atoms with van der Waals surface area (Å²) in [7, 11) is 0. The Morgan fingerprint density at radius 1 is 1.39 bits per heavy atom. The first-order valence-corrected chi connectivity index (χ1v) is 7.49. The number of benzene rings is 1. The Morgan fingerprint density at radius 2 is 2.17 bits per heavy atom. The molecule has 0 aliphatic rings. The monoisotopic (exact) mass is 358 g/mol. The van der Waals surface area contributed by atoms with E-state index in [-0.39, 0.29) is 0 Å². The number of hydrogen-bond acceptors (Lipinski definition) is 2. The highest BCUT2D eigenvalue weighted by molar-refractivity contribution is 14.1. The molecule has 0 saturated heterocycles. The van der Waals surface area contributed by atoms with E-state index >= 15 is 0 Å². The molecule has 2 rings (SSSR count). The lowest BCUT2D eigenvalue weighted by molar-refractivity contribution is 0.476. The number of phenolic OH excluding ortho intramolecular Hbond substituents is 1. The fraction of sp³-hybridized carbons (Fsp3) is 0.429. The van der Waals surface area contributed by atoms with Crippen LogP contribution >= 0.6 is 22.6 Å². The normalized spacial score (nSPS) is 14.8. The minimum Gasteiger partial charge on any atom is -0.508 e. The maximum atomic E-state index is 9.53. The van der Waals surface area contributed by atoms with Gasteiger partial charge in [0.15, 0.2) is 0 Å². The first-order valence-electron chi connectivity index (χ1n) is 6.24. The van der Waals surface area contributed by atoms with Crippen molar-refractivity contribution in [3.05, 3.63) is 30.0 Å². The molecule has 2 aromatic rings. The average Bonchev–Trinajstić information content (AvgIpc) is 2.71. The number of fused-ring (bicyclic) bond motifs is 1. The van der Waals surface area contributed by atoms with Gasteiger partial charge in [-0.15, -0.1) is 0 Å². The van der Waals surface area contributed by atoms with Crippen molar-refractivity contribution in [2.45, 2.75) is 30.2 Å². The van der Waals surface area contributed by atoms with Crippen molar-refractivity contribution in [3.8, 4) is 5.75 Å². The third kappa shape index (κ3) is 3.17. The van der Waals surface area contributed by atoms with E-state index in [1.54, 1.807) is 6.07 Å². The number of alkyl halides is 1. The van der Waals surface area contributed by atoms with Crippen molar-refractivity contribution in [1.29, 1.82) is 0 Å². The molecule has 3 N–H and O–H groups in total. The molecule has 0 fully saturated rings. The highest BCUT2D eigenvalue weighted by Crippen LogP contribution is 2.23. The standard InChI is InChI=1S/C14H19IN2O/c1-9(15)10(2)16-6-5-11-8-17-14-4-3-12(18)7-13(11)14/h3-4,7-10,16-18H,5-6H2,1-2H3/t9-,10?/m1/s1. The Kier molecular flexibility index (Phi) is 4.50. The van der Waals surface area contributed by atoms with Crippen LogP contribution in [0.5, 0.6) is 5.75 Å². The van der Waals surface area contributed by atoms with E-state index in [0.29, 0.717) is 15.7 Å². The predicted octanol–water partition coefficient (Wildman–Crippen LogP) is 3.22. The van der Waals surface area contributed by atoms with Gasteiger partial charge in [-0.1, -0.05) is 29.5 Å². The zero-order valence-corrected chi connectivity index (χ0v) is 12.9. The van der Waals surface area contributed by atoms with Gasteiger partial charge in [-0.25, -0.2) is 0 Å². The minimum absolute atomic E-state index is 0.325. The maximum Gasteiger partial charge on any atom is 0.116 e. The molecule has 2 atom stereocenters. The molecule has 3 nitrogen and oxygen atoms in total. The van der Waals surface area contributed by atoms with Crippen LogP contribution in [0.15, 0.2) is 24.4 Å². The Labute approximate surface area is 121 Å². The van der Waals surface area contributed by atoms with Crippen LogP contribution in [-0.4, -0.2) is 26.6 Å². The minimum atomic E-state index is 0.325. The summed E-state index contributed by atoms with van der Waals surface area (Å²) < 4.78 is 0.620. The average molecular weight is 358 g/mol. The number of aromatic amines is 1. The summed E-state index contributed by atoms with van der Waals surface area (Å²) in [6.07, 6.45) is 3.00. The molecule has 4 heteroatoms. The van der Waals surface area contributed by atoms with Crippen LogP contribution in [-0.2, 0) is 6.42 Å². The van der Waals surface area contributed by atoms with Gasteiger partial charge in [0.2, 0.25) is 0 Å². The number of aromatic hydroxyl groups is 1. The first kappa shape index (κ1) is 13.7. The lowest BCUT2D eigenvalue weighted by atomic mass is 10.1. The highest BCUT2D eigenvalue weighted by atomic mass is 127. The molecule has 1 aromatic carbocycles. The maximum absolute atomic E-state index is 9.53. The van der Waals surface area contributed by atoms with Crippen LogP contribution in [0.3, 0.4) is 0 Å². The van der Waals surface area contributed by atoms with E-state index in [1.807, 2.05) is 18.3 Å². The SMILES string of the molecule is CC(NCCc1c[nH]c2ccc(O)cc12)[C@@H](C)I. The number of nitrogens with one attached hydrogen (secondary N) is 2. The van der Waals surface area contributed by atoms with E-state index in [0.717, 1.165) is 23.9 Å². The Balaban J connectivity index is 2.01. The van der Waals surface area contributed by atoms with Crippen LogP contribution in [0.25, 0.3) is 10.9 Å². The summed E-state index contributed by atoms with van der Waals surface area (Å²) in [5.41, 5.74) is 2.33. The Bertz CT molecular complexity index is 521. The molecular formula is C14H19IN2O. The fourth-order valence-corrected chi connectivity index (χ4v) is 2.22. The third-order valence-electron chi connectivity index (χ3n) is 3.30. The second-order valence-corrected chi connectivity index (χ2v) is 6.68. The van der Waals surface area contributed by atoms with Gasteiger partial charge in [0, 0.05) is 27.1 Å². The summed E-state index contributed by atoms with van der Waals surface area (Å²) >= 11 is 2.44. The quantitative estimate of drug-likeness (QED) is 0.568. The smallest absolute Gasteiger partial charge is 0.116 e. The fourth-order valence-electron chi connectivity index (χ4n) is 1.97. The van der Waals surface area contributed by atoms with Crippen molar-refractivity contribution in [2.24, 2.45) is 0 Å². The first-order chi connectivity index (χ1) is 8.58. The van der Waals surface area contributed by atoms with Crippen LogP contribution in [0, 0.1) is 0 Å². The molecule has 98 valence electrons. The summed E-state index contributed by atoms with van der Waals surface area (Å²) in [6.45, 7) is 5.37. The molecule has 0 aliphatic carbocycles. The molecule has 1 unspecified atom stereocenters. The van der Waals surface area contributed by atoms with E-state index in [1.165, 1.54) is 5.56 Å². The van der Waals surface area contributed by atoms with E-state index in [9.17, 15) is 5.11 Å². The van der Waals surface area contributed by atoms with Gasteiger partial charge in [-0.05, 0) is 43.7 Å². The van der Waals surface area contributed by atoms with Gasteiger partial charge in [0.05, 0.1) is 0 Å². The lowest BCUT2D eigenvalue weighted by Crippen LogP contribution is -2.33. The van der Waals surface area contributed by atoms with E-state index < -0.39 is 0 Å². The van der Waals surface area contributed by atoms with E-state index in [2.05, 4.69) is 46.7 Å². The molecule has 1 heterocycles. The van der Waals surface area contributed by atoms with Gasteiger partial charge >= 0.3 is 0 Å². The molecule has 0 aliphatic heterocycles. The molecule has 0 radical (unpaired) electrons. The van der Waals surface area contributed by atoms with Gasteiger partial charge in [-0.3, -0.25) is 0 Å². The van der Waals surface area contributed by atoms with E-state index in [4.69, 9.17) is 0 Å². The summed E-state index contributed by atoms with van der Waals surface area (Å²) in [6, 6.07) is 5.97. The van der Waals surface area contributed by atoms with Gasteiger partial charge in [0.25, 0.3) is 0 Å². The molecule has 18 heavy (non-hydrogen) atoms. The number of aromatic nitrogens is 1. The third-order valence-corrected chi connectivity index (χ3v) is 4.38. The van der Waals surface area contributed by atoms with Crippen molar-refractivity contribution >= 4 is 33.5 Å². The number of halogens is 1. The largest absolute Gasteiger partial charge is 0.508 e. The molecular weight excluding hydrogens is 339 g/mol. The number of hydrogen-bond donors (Lipinski definition) is 3. The predicted molar refractivity (Wildman–Crippen MR) is 84.6 cm³/mol. The Morgan fingerprint density at radius 3 is 2.89 bits per heavy atom. The molecule has 1 aromatic heterocycles. The lowest BCUT2D eigenvalue weighted by Gasteiger charge is -2.15. The van der Waals surface area contributed by atoms with Crippen molar-refractivity contribution in [2.75, 3.05) is 6.54 Å². The topological polar surface area (TPSA) is 48.0 Å². The summed E-state index contributed by atoms with van der Waals surface area (Å²) in [5.74, 6) is 0.325. The second-order valence-electron chi connectivity index (χ2n) is 4.71. The zero-order valence-electron chi connectivity index (χ0n) is 10.7. The van der Waals surface area contributed by atoms with Crippen molar-refractivity contribution in [1.82, 2.24) is 10.3 Å². The summed E-state index contributed by atoms with van der Waals surface area (Å²) in [4.78, 5) is 3.24. The van der Waals surface area contributed by atoms with Crippen LogP contribution < -0.4 is 5.32 Å².